The second-order valence-electron chi connectivity index (χ2n) is 6.84. The van der Waals surface area contributed by atoms with Crippen molar-refractivity contribution in [1.82, 2.24) is 10.6 Å². The summed E-state index contributed by atoms with van der Waals surface area (Å²) in [4.78, 5) is 46.8. The summed E-state index contributed by atoms with van der Waals surface area (Å²) in [6.45, 7) is 3.90. The number of hydrogen-bond donors (Lipinski definition) is 3. The van der Waals surface area contributed by atoms with Crippen molar-refractivity contribution in [2.24, 2.45) is 0 Å². The van der Waals surface area contributed by atoms with Gasteiger partial charge in [-0.2, -0.15) is 0 Å². The molecular formula is C24H20N4O6. The van der Waals surface area contributed by atoms with Gasteiger partial charge < -0.3 is 15.4 Å². The van der Waals surface area contributed by atoms with Crippen LogP contribution in [0.1, 0.15) is 20.7 Å². The van der Waals surface area contributed by atoms with E-state index in [1.54, 1.807) is 54.6 Å². The molecule has 10 heteroatoms. The Morgan fingerprint density at radius 1 is 0.941 bits per heavy atom. The molecule has 0 aliphatic heterocycles. The molecule has 0 fully saturated rings. The molecule has 0 heterocycles. The quantitative estimate of drug-likeness (QED) is 0.261. The van der Waals surface area contributed by atoms with E-state index in [1.807, 2.05) is 0 Å². The maximum Gasteiger partial charge on any atom is 0.326 e. The second-order valence-corrected chi connectivity index (χ2v) is 6.84. The minimum atomic E-state index is -0.901. The zero-order valence-electron chi connectivity index (χ0n) is 17.8. The third kappa shape index (κ3) is 6.26. The number of nitrogens with one attached hydrogen (secondary N) is 3. The predicted molar refractivity (Wildman–Crippen MR) is 125 cm³/mol. The smallest absolute Gasteiger partial charge is 0.326 e. The minimum Gasteiger partial charge on any atom is -0.457 e. The lowest BCUT2D eigenvalue weighted by Crippen LogP contribution is -2.34. The summed E-state index contributed by atoms with van der Waals surface area (Å²) in [5.74, 6) is -0.265. The third-order valence-electron chi connectivity index (χ3n) is 4.42. The first-order chi connectivity index (χ1) is 16.4. The number of nitro groups is 1. The largest absolute Gasteiger partial charge is 0.457 e. The molecule has 3 aromatic carbocycles. The van der Waals surface area contributed by atoms with E-state index in [0.29, 0.717) is 29.3 Å². The number of amides is 4. The molecule has 0 aromatic heterocycles. The number of urea groups is 1. The zero-order chi connectivity index (χ0) is 24.5. The van der Waals surface area contributed by atoms with Crippen molar-refractivity contribution in [3.63, 3.8) is 0 Å². The van der Waals surface area contributed by atoms with Gasteiger partial charge in [-0.3, -0.25) is 25.0 Å². The van der Waals surface area contributed by atoms with Crippen molar-refractivity contribution in [3.8, 4) is 11.5 Å². The molecule has 4 amide bonds. The molecule has 3 aromatic rings. The molecule has 172 valence electrons. The lowest BCUT2D eigenvalue weighted by molar-refractivity contribution is -0.385. The number of para-hydroxylation sites is 1. The Labute approximate surface area is 194 Å². The number of hydrogen-bond acceptors (Lipinski definition) is 6. The van der Waals surface area contributed by atoms with Crippen LogP contribution < -0.4 is 20.7 Å². The van der Waals surface area contributed by atoms with Crippen molar-refractivity contribution >= 4 is 29.2 Å². The van der Waals surface area contributed by atoms with E-state index >= 15 is 0 Å². The Bertz CT molecular complexity index is 1240. The average Bonchev–Trinajstić information content (AvgIpc) is 2.83. The van der Waals surface area contributed by atoms with Crippen LogP contribution in [0.4, 0.5) is 16.2 Å². The molecule has 0 unspecified atom stereocenters. The number of ether oxygens (including phenoxy) is 1. The Hall–Kier alpha value is -4.99. The third-order valence-corrected chi connectivity index (χ3v) is 4.42. The first-order valence-corrected chi connectivity index (χ1v) is 10.00. The van der Waals surface area contributed by atoms with Crippen LogP contribution in [0.5, 0.6) is 11.5 Å². The Balaban J connectivity index is 1.59. The lowest BCUT2D eigenvalue weighted by atomic mass is 10.1. The number of benzene rings is 3. The molecule has 3 N–H and O–H groups in total. The highest BCUT2D eigenvalue weighted by Crippen LogP contribution is 2.24. The molecule has 10 nitrogen and oxygen atoms in total. The van der Waals surface area contributed by atoms with Gasteiger partial charge in [-0.05, 0) is 48.5 Å². The van der Waals surface area contributed by atoms with E-state index in [9.17, 15) is 24.5 Å². The minimum absolute atomic E-state index is 0.230. The molecule has 3 rings (SSSR count). The molecule has 0 saturated carbocycles. The number of nitro benzene ring substituents is 1. The van der Waals surface area contributed by atoms with Crippen LogP contribution in [0.2, 0.25) is 0 Å². The van der Waals surface area contributed by atoms with Crippen molar-refractivity contribution in [2.75, 3.05) is 11.9 Å². The fourth-order valence-electron chi connectivity index (χ4n) is 2.87. The van der Waals surface area contributed by atoms with E-state index in [2.05, 4.69) is 22.5 Å². The van der Waals surface area contributed by atoms with Gasteiger partial charge in [0.1, 0.15) is 17.1 Å². The van der Waals surface area contributed by atoms with Crippen LogP contribution in [0.3, 0.4) is 0 Å². The summed E-state index contributed by atoms with van der Waals surface area (Å²) < 4.78 is 5.75. The molecule has 0 aliphatic rings. The fourth-order valence-corrected chi connectivity index (χ4v) is 2.87. The summed E-state index contributed by atoms with van der Waals surface area (Å²) in [7, 11) is 0. The summed E-state index contributed by atoms with van der Waals surface area (Å²) in [6.07, 6.45) is 1.58. The van der Waals surface area contributed by atoms with Gasteiger partial charge in [-0.15, -0.1) is 6.58 Å². The number of carbonyl (C=O) groups is 3. The Morgan fingerprint density at radius 3 is 2.38 bits per heavy atom. The van der Waals surface area contributed by atoms with Gasteiger partial charge in [0.05, 0.1) is 4.92 Å². The monoisotopic (exact) mass is 460 g/mol. The normalized spacial score (nSPS) is 10.0. The van der Waals surface area contributed by atoms with Crippen LogP contribution in [0.15, 0.2) is 85.5 Å². The van der Waals surface area contributed by atoms with Crippen LogP contribution in [-0.2, 0) is 0 Å². The molecule has 0 bridgehead atoms. The highest BCUT2D eigenvalue weighted by atomic mass is 16.6. The van der Waals surface area contributed by atoms with Crippen molar-refractivity contribution in [3.05, 3.63) is 107 Å². The molecule has 34 heavy (non-hydrogen) atoms. The van der Waals surface area contributed by atoms with Gasteiger partial charge in [0.2, 0.25) is 0 Å². The topological polar surface area (TPSA) is 140 Å². The molecular weight excluding hydrogens is 440 g/mol. The van der Waals surface area contributed by atoms with E-state index in [1.165, 1.54) is 24.3 Å². The number of imide groups is 1. The highest BCUT2D eigenvalue weighted by Gasteiger charge is 2.20. The van der Waals surface area contributed by atoms with Gasteiger partial charge in [-0.1, -0.05) is 24.3 Å². The summed E-state index contributed by atoms with van der Waals surface area (Å²) in [5.41, 5.74) is 0.152. The molecule has 0 aliphatic carbocycles. The first kappa shape index (κ1) is 23.7. The lowest BCUT2D eigenvalue weighted by Gasteiger charge is -2.10. The van der Waals surface area contributed by atoms with Gasteiger partial charge in [0.25, 0.3) is 17.5 Å². The molecule has 0 radical (unpaired) electrons. The van der Waals surface area contributed by atoms with E-state index in [4.69, 9.17) is 4.74 Å². The average molecular weight is 460 g/mol. The van der Waals surface area contributed by atoms with Crippen LogP contribution in [-0.4, -0.2) is 29.3 Å². The van der Waals surface area contributed by atoms with E-state index in [-0.39, 0.29) is 11.5 Å². The molecule has 0 atom stereocenters. The highest BCUT2D eigenvalue weighted by molar-refractivity contribution is 6.09. The number of anilines is 1. The van der Waals surface area contributed by atoms with Gasteiger partial charge >= 0.3 is 6.03 Å². The van der Waals surface area contributed by atoms with E-state index in [0.717, 1.165) is 0 Å². The first-order valence-electron chi connectivity index (χ1n) is 10.00. The van der Waals surface area contributed by atoms with Crippen molar-refractivity contribution < 1.29 is 24.0 Å². The Kier molecular flexibility index (Phi) is 7.69. The standard InChI is InChI=1S/C24H20N4O6/c1-2-14-25-22(29)16-6-5-7-19(15-16)34-18-12-10-17(11-13-18)26-24(31)27-23(30)20-8-3-4-9-21(20)28(32)33/h2-13,15H,1,14H2,(H,25,29)(H2,26,27,30,31). The van der Waals surface area contributed by atoms with Crippen molar-refractivity contribution in [1.29, 1.82) is 0 Å². The fraction of sp³-hybridized carbons (Fsp3) is 0.0417. The van der Waals surface area contributed by atoms with Gasteiger partial charge in [-0.25, -0.2) is 4.79 Å². The molecule has 0 spiro atoms. The van der Waals surface area contributed by atoms with Crippen LogP contribution in [0, 0.1) is 10.1 Å². The number of rotatable bonds is 8. The zero-order valence-corrected chi connectivity index (χ0v) is 17.8. The van der Waals surface area contributed by atoms with Crippen LogP contribution >= 0.6 is 0 Å². The summed E-state index contributed by atoms with van der Waals surface area (Å²) >= 11 is 0. The van der Waals surface area contributed by atoms with Crippen molar-refractivity contribution in [2.45, 2.75) is 0 Å². The SMILES string of the molecule is C=CCNC(=O)c1cccc(Oc2ccc(NC(=O)NC(=O)c3ccccc3[N+](=O)[O-])cc2)c1. The summed E-state index contributed by atoms with van der Waals surface area (Å²) in [5, 5.41) is 18.3. The molecule has 0 saturated heterocycles. The maximum absolute atomic E-state index is 12.2. The van der Waals surface area contributed by atoms with Gasteiger partial charge in [0, 0.05) is 23.9 Å². The number of carbonyl (C=O) groups excluding carboxylic acids is 3. The van der Waals surface area contributed by atoms with Crippen LogP contribution in [0.25, 0.3) is 0 Å². The second kappa shape index (κ2) is 11.0. The number of nitrogens with zero attached hydrogens (tertiary/aromatic N) is 1. The summed E-state index contributed by atoms with van der Waals surface area (Å²) in [6, 6.07) is 17.4. The predicted octanol–water partition coefficient (Wildman–Crippen LogP) is 4.26. The van der Waals surface area contributed by atoms with Gasteiger partial charge in [0.15, 0.2) is 0 Å². The Morgan fingerprint density at radius 2 is 1.68 bits per heavy atom. The maximum atomic E-state index is 12.2. The van der Waals surface area contributed by atoms with E-state index < -0.39 is 22.5 Å².